The molecule has 1 aromatic carbocycles. The molecule has 0 aliphatic rings. The first-order valence-electron chi connectivity index (χ1n) is 5.35. The number of rotatable bonds is 3. The molecule has 2 nitrogen and oxygen atoms in total. The Bertz CT molecular complexity index is 501. The molecule has 0 spiro atoms. The summed E-state index contributed by atoms with van der Waals surface area (Å²) < 4.78 is 5.51. The molecule has 1 aromatic heterocycles. The van der Waals surface area contributed by atoms with Crippen LogP contribution in [0.3, 0.4) is 0 Å². The smallest absolute Gasteiger partial charge is 0.198 e. The van der Waals surface area contributed by atoms with Crippen LogP contribution in [0.25, 0.3) is 11.0 Å². The lowest BCUT2D eigenvalue weighted by atomic mass is 10.1. The van der Waals surface area contributed by atoms with Crippen molar-refractivity contribution in [1.29, 1.82) is 0 Å². The SMILES string of the molecule is CCCC(=O)c1cc2c(C)ccc(Cl)c2o1. The molecule has 0 unspecified atom stereocenters. The van der Waals surface area contributed by atoms with E-state index in [1.54, 1.807) is 12.1 Å². The Kier molecular flexibility index (Phi) is 3.01. The fraction of sp³-hybridized carbons (Fsp3) is 0.308. The van der Waals surface area contributed by atoms with E-state index in [1.807, 2.05) is 19.9 Å². The second-order valence-electron chi connectivity index (χ2n) is 3.89. The van der Waals surface area contributed by atoms with Gasteiger partial charge in [-0.15, -0.1) is 0 Å². The molecule has 2 rings (SSSR count). The highest BCUT2D eigenvalue weighted by Gasteiger charge is 2.14. The molecule has 0 aliphatic carbocycles. The van der Waals surface area contributed by atoms with Gasteiger partial charge in [0.05, 0.1) is 5.02 Å². The van der Waals surface area contributed by atoms with Gasteiger partial charge in [-0.2, -0.15) is 0 Å². The van der Waals surface area contributed by atoms with E-state index in [0.717, 1.165) is 17.4 Å². The molecule has 0 N–H and O–H groups in total. The second-order valence-corrected chi connectivity index (χ2v) is 4.30. The minimum Gasteiger partial charge on any atom is -0.451 e. The van der Waals surface area contributed by atoms with E-state index < -0.39 is 0 Å². The number of hydrogen-bond donors (Lipinski definition) is 0. The van der Waals surface area contributed by atoms with Crippen LogP contribution in [0.1, 0.15) is 35.9 Å². The summed E-state index contributed by atoms with van der Waals surface area (Å²) in [5.41, 5.74) is 1.68. The fourth-order valence-electron chi connectivity index (χ4n) is 1.71. The molecule has 0 aliphatic heterocycles. The molecule has 3 heteroatoms. The number of benzene rings is 1. The molecule has 0 fully saturated rings. The molecule has 0 bridgehead atoms. The fourth-order valence-corrected chi connectivity index (χ4v) is 1.92. The summed E-state index contributed by atoms with van der Waals surface area (Å²) in [4.78, 5) is 11.7. The highest BCUT2D eigenvalue weighted by molar-refractivity contribution is 6.35. The lowest BCUT2D eigenvalue weighted by Gasteiger charge is -1.95. The second kappa shape index (κ2) is 4.30. The first kappa shape index (κ1) is 11.2. The summed E-state index contributed by atoms with van der Waals surface area (Å²) in [5, 5.41) is 1.48. The van der Waals surface area contributed by atoms with Crippen molar-refractivity contribution in [2.24, 2.45) is 0 Å². The summed E-state index contributed by atoms with van der Waals surface area (Å²) in [6.45, 7) is 3.95. The Balaban J connectivity index is 2.55. The third-order valence-corrected chi connectivity index (χ3v) is 2.90. The summed E-state index contributed by atoms with van der Waals surface area (Å²) >= 11 is 6.02. The third-order valence-electron chi connectivity index (χ3n) is 2.61. The van der Waals surface area contributed by atoms with E-state index >= 15 is 0 Å². The van der Waals surface area contributed by atoms with E-state index in [-0.39, 0.29) is 5.78 Å². The Hall–Kier alpha value is -1.28. The number of halogens is 1. The number of Topliss-reactive ketones (excluding diaryl/α,β-unsaturated/α-hetero) is 1. The first-order valence-corrected chi connectivity index (χ1v) is 5.73. The third kappa shape index (κ3) is 1.85. The van der Waals surface area contributed by atoms with Crippen LogP contribution in [0, 0.1) is 6.92 Å². The Morgan fingerprint density at radius 3 is 2.81 bits per heavy atom. The van der Waals surface area contributed by atoms with Crippen LogP contribution < -0.4 is 0 Å². The molecular weight excluding hydrogens is 224 g/mol. The van der Waals surface area contributed by atoms with Gasteiger partial charge in [-0.1, -0.05) is 24.6 Å². The van der Waals surface area contributed by atoms with E-state index in [4.69, 9.17) is 16.0 Å². The van der Waals surface area contributed by atoms with Gasteiger partial charge in [-0.3, -0.25) is 4.79 Å². The van der Waals surface area contributed by atoms with E-state index in [0.29, 0.717) is 22.8 Å². The molecule has 16 heavy (non-hydrogen) atoms. The highest BCUT2D eigenvalue weighted by Crippen LogP contribution is 2.29. The minimum atomic E-state index is 0.0363. The number of carbonyl (C=O) groups excluding carboxylic acids is 1. The maximum atomic E-state index is 11.7. The number of ketones is 1. The monoisotopic (exact) mass is 236 g/mol. The lowest BCUT2D eigenvalue weighted by Crippen LogP contribution is -1.94. The van der Waals surface area contributed by atoms with Crippen LogP contribution in [-0.2, 0) is 0 Å². The highest BCUT2D eigenvalue weighted by atomic mass is 35.5. The number of carbonyl (C=O) groups is 1. The van der Waals surface area contributed by atoms with Gasteiger partial charge in [0.15, 0.2) is 17.1 Å². The van der Waals surface area contributed by atoms with Gasteiger partial charge >= 0.3 is 0 Å². The van der Waals surface area contributed by atoms with E-state index in [1.165, 1.54) is 0 Å². The van der Waals surface area contributed by atoms with Gasteiger partial charge in [0, 0.05) is 11.8 Å². The van der Waals surface area contributed by atoms with Gasteiger partial charge in [-0.05, 0) is 31.0 Å². The van der Waals surface area contributed by atoms with Crippen LogP contribution in [-0.4, -0.2) is 5.78 Å². The molecule has 0 saturated carbocycles. The van der Waals surface area contributed by atoms with Crippen LogP contribution >= 0.6 is 11.6 Å². The van der Waals surface area contributed by atoms with E-state index in [9.17, 15) is 4.79 Å². The van der Waals surface area contributed by atoms with E-state index in [2.05, 4.69) is 0 Å². The standard InChI is InChI=1S/C13H13ClO2/c1-3-4-11(15)12-7-9-8(2)5-6-10(14)13(9)16-12/h5-7H,3-4H2,1-2H3. The molecule has 2 aromatic rings. The van der Waals surface area contributed by atoms with Crippen LogP contribution in [0.5, 0.6) is 0 Å². The average molecular weight is 237 g/mol. The Morgan fingerprint density at radius 2 is 2.19 bits per heavy atom. The van der Waals surface area contributed by atoms with Crippen molar-refractivity contribution in [2.45, 2.75) is 26.7 Å². The topological polar surface area (TPSA) is 30.2 Å². The van der Waals surface area contributed by atoms with Gasteiger partial charge < -0.3 is 4.42 Å². The van der Waals surface area contributed by atoms with Crippen molar-refractivity contribution in [1.82, 2.24) is 0 Å². The largest absolute Gasteiger partial charge is 0.451 e. The summed E-state index contributed by atoms with van der Waals surface area (Å²) in [5.74, 6) is 0.446. The van der Waals surface area contributed by atoms with Crippen LogP contribution in [0.4, 0.5) is 0 Å². The van der Waals surface area contributed by atoms with Gasteiger partial charge in [0.1, 0.15) is 0 Å². The zero-order chi connectivity index (χ0) is 11.7. The summed E-state index contributed by atoms with van der Waals surface area (Å²) in [7, 11) is 0. The van der Waals surface area contributed by atoms with Crippen molar-refractivity contribution in [2.75, 3.05) is 0 Å². The normalized spacial score (nSPS) is 10.9. The number of fused-ring (bicyclic) bond motifs is 1. The minimum absolute atomic E-state index is 0.0363. The molecule has 0 radical (unpaired) electrons. The van der Waals surface area contributed by atoms with Crippen molar-refractivity contribution < 1.29 is 9.21 Å². The quantitative estimate of drug-likeness (QED) is 0.741. The predicted molar refractivity (Wildman–Crippen MR) is 65.2 cm³/mol. The average Bonchev–Trinajstić information content (AvgIpc) is 2.70. The molecule has 1 heterocycles. The summed E-state index contributed by atoms with van der Waals surface area (Å²) in [6, 6.07) is 5.50. The number of hydrogen-bond acceptors (Lipinski definition) is 2. The van der Waals surface area contributed by atoms with Gasteiger partial charge in [0.25, 0.3) is 0 Å². The Morgan fingerprint density at radius 1 is 1.44 bits per heavy atom. The maximum absolute atomic E-state index is 11.7. The summed E-state index contributed by atoms with van der Waals surface area (Å²) in [6.07, 6.45) is 1.33. The lowest BCUT2D eigenvalue weighted by molar-refractivity contribution is 0.0957. The predicted octanol–water partition coefficient (Wildman–Crippen LogP) is 4.38. The Labute approximate surface area is 99.2 Å². The van der Waals surface area contributed by atoms with Gasteiger partial charge in [0.2, 0.25) is 0 Å². The molecule has 0 atom stereocenters. The number of furan rings is 1. The van der Waals surface area contributed by atoms with Crippen molar-refractivity contribution >= 4 is 28.4 Å². The van der Waals surface area contributed by atoms with Crippen LogP contribution in [0.2, 0.25) is 5.02 Å². The van der Waals surface area contributed by atoms with Gasteiger partial charge in [-0.25, -0.2) is 0 Å². The zero-order valence-corrected chi connectivity index (χ0v) is 10.1. The molecular formula is C13H13ClO2. The van der Waals surface area contributed by atoms with Crippen LogP contribution in [0.15, 0.2) is 22.6 Å². The molecule has 0 amide bonds. The number of aryl methyl sites for hydroxylation is 1. The maximum Gasteiger partial charge on any atom is 0.198 e. The van der Waals surface area contributed by atoms with Crippen molar-refractivity contribution in [3.8, 4) is 0 Å². The molecule has 0 saturated heterocycles. The first-order chi connectivity index (χ1) is 7.63. The van der Waals surface area contributed by atoms with Crippen molar-refractivity contribution in [3.05, 3.63) is 34.5 Å². The zero-order valence-electron chi connectivity index (χ0n) is 9.34. The van der Waals surface area contributed by atoms with Crippen molar-refractivity contribution in [3.63, 3.8) is 0 Å². The molecule has 84 valence electrons.